The third kappa shape index (κ3) is 7.43. The van der Waals surface area contributed by atoms with Gasteiger partial charge in [-0.1, -0.05) is 26.7 Å². The summed E-state index contributed by atoms with van der Waals surface area (Å²) in [6, 6.07) is 0. The van der Waals surface area contributed by atoms with Gasteiger partial charge in [0.15, 0.2) is 0 Å². The lowest BCUT2D eigenvalue weighted by atomic mass is 9.78. The van der Waals surface area contributed by atoms with E-state index in [9.17, 15) is 9.59 Å². The lowest BCUT2D eigenvalue weighted by molar-refractivity contribution is -0.131. The summed E-state index contributed by atoms with van der Waals surface area (Å²) in [5.74, 6) is -0.116. The Labute approximate surface area is 128 Å². The molecule has 0 unspecified atom stereocenters. The summed E-state index contributed by atoms with van der Waals surface area (Å²) in [4.78, 5) is 23.9. The Balaban J connectivity index is 4.22. The van der Waals surface area contributed by atoms with Crippen molar-refractivity contribution in [1.29, 1.82) is 0 Å². The second-order valence-corrected chi connectivity index (χ2v) is 5.33. The Morgan fingerprint density at radius 3 is 2.19 bits per heavy atom. The van der Waals surface area contributed by atoms with Crippen LogP contribution in [-0.2, 0) is 14.3 Å². The minimum atomic E-state index is -0.490. The van der Waals surface area contributed by atoms with E-state index in [2.05, 4.69) is 24.5 Å². The van der Waals surface area contributed by atoms with Crippen LogP contribution in [0, 0.1) is 5.41 Å². The maximum absolute atomic E-state index is 12.4. The molecule has 0 aromatic heterocycles. The molecule has 0 saturated carbocycles. The van der Waals surface area contributed by atoms with E-state index in [0.29, 0.717) is 26.2 Å². The molecule has 0 bridgehead atoms. The van der Waals surface area contributed by atoms with Crippen LogP contribution in [0.2, 0.25) is 0 Å². The smallest absolute Gasteiger partial charge is 0.227 e. The van der Waals surface area contributed by atoms with Gasteiger partial charge in [0.05, 0.1) is 12.0 Å². The molecule has 0 rings (SSSR count). The zero-order valence-corrected chi connectivity index (χ0v) is 13.7. The summed E-state index contributed by atoms with van der Waals surface area (Å²) < 4.78 is 4.85. The largest absolute Gasteiger partial charge is 0.383 e. The third-order valence-corrected chi connectivity index (χ3v) is 3.60. The van der Waals surface area contributed by atoms with Gasteiger partial charge in [0.2, 0.25) is 11.8 Å². The molecule has 124 valence electrons. The highest BCUT2D eigenvalue weighted by Crippen LogP contribution is 2.28. The van der Waals surface area contributed by atoms with Gasteiger partial charge in [-0.3, -0.25) is 9.59 Å². The van der Waals surface area contributed by atoms with Gasteiger partial charge < -0.3 is 21.1 Å². The predicted octanol–water partition coefficient (Wildman–Crippen LogP) is 0.801. The molecule has 21 heavy (non-hydrogen) atoms. The molecule has 0 aliphatic rings. The second kappa shape index (κ2) is 11.5. The Bertz CT molecular complexity index is 303. The van der Waals surface area contributed by atoms with Crippen molar-refractivity contribution in [2.45, 2.75) is 46.0 Å². The van der Waals surface area contributed by atoms with E-state index in [-0.39, 0.29) is 18.2 Å². The molecular weight excluding hydrogens is 270 g/mol. The summed E-state index contributed by atoms with van der Waals surface area (Å²) >= 11 is 0. The van der Waals surface area contributed by atoms with Crippen molar-refractivity contribution < 1.29 is 14.3 Å². The summed E-state index contributed by atoms with van der Waals surface area (Å²) in [5, 5.41) is 5.57. The summed E-state index contributed by atoms with van der Waals surface area (Å²) in [5.41, 5.74) is 5.35. The number of carbonyl (C=O) groups is 2. The van der Waals surface area contributed by atoms with Crippen LogP contribution in [0.4, 0.5) is 0 Å². The van der Waals surface area contributed by atoms with Gasteiger partial charge in [0, 0.05) is 33.2 Å². The predicted molar refractivity (Wildman–Crippen MR) is 83.8 cm³/mol. The van der Waals surface area contributed by atoms with E-state index < -0.39 is 5.41 Å². The summed E-state index contributed by atoms with van der Waals surface area (Å²) in [6.45, 7) is 5.77. The molecule has 0 atom stereocenters. The number of methoxy groups -OCH3 is 1. The molecular formula is C15H31N3O3. The average molecular weight is 301 g/mol. The number of nitrogens with two attached hydrogens (primary N) is 1. The highest BCUT2D eigenvalue weighted by molar-refractivity contribution is 5.83. The minimum absolute atomic E-state index is 0.0293. The molecule has 0 heterocycles. The monoisotopic (exact) mass is 301 g/mol. The first-order valence-corrected chi connectivity index (χ1v) is 7.80. The van der Waals surface area contributed by atoms with E-state index in [1.165, 1.54) is 0 Å². The number of hydrogen-bond acceptors (Lipinski definition) is 4. The zero-order chi connectivity index (χ0) is 16.1. The van der Waals surface area contributed by atoms with E-state index in [0.717, 1.165) is 25.7 Å². The van der Waals surface area contributed by atoms with Gasteiger partial charge >= 0.3 is 0 Å². The van der Waals surface area contributed by atoms with Gasteiger partial charge in [-0.2, -0.15) is 0 Å². The molecule has 0 aromatic rings. The van der Waals surface area contributed by atoms with Crippen LogP contribution in [-0.4, -0.2) is 45.2 Å². The molecule has 4 N–H and O–H groups in total. The number of carbonyl (C=O) groups excluding carboxylic acids is 2. The Morgan fingerprint density at radius 2 is 1.71 bits per heavy atom. The van der Waals surface area contributed by atoms with Crippen LogP contribution < -0.4 is 16.4 Å². The normalized spacial score (nSPS) is 11.2. The van der Waals surface area contributed by atoms with Gasteiger partial charge in [0.25, 0.3) is 0 Å². The first-order chi connectivity index (χ1) is 10.1. The minimum Gasteiger partial charge on any atom is -0.383 e. The fourth-order valence-corrected chi connectivity index (χ4v) is 2.46. The van der Waals surface area contributed by atoms with Crippen molar-refractivity contribution >= 4 is 11.8 Å². The van der Waals surface area contributed by atoms with Crippen LogP contribution in [0.25, 0.3) is 0 Å². The van der Waals surface area contributed by atoms with Crippen molar-refractivity contribution in [3.8, 4) is 0 Å². The molecule has 0 fully saturated rings. The molecule has 0 saturated heterocycles. The van der Waals surface area contributed by atoms with Crippen LogP contribution in [0.1, 0.15) is 46.0 Å². The van der Waals surface area contributed by atoms with E-state index >= 15 is 0 Å². The molecule has 0 radical (unpaired) electrons. The first kappa shape index (κ1) is 19.9. The Kier molecular flexibility index (Phi) is 10.9. The second-order valence-electron chi connectivity index (χ2n) is 5.33. The lowest BCUT2D eigenvalue weighted by Gasteiger charge is -2.30. The third-order valence-electron chi connectivity index (χ3n) is 3.60. The van der Waals surface area contributed by atoms with E-state index in [1.54, 1.807) is 7.11 Å². The summed E-state index contributed by atoms with van der Waals surface area (Å²) in [7, 11) is 1.58. The standard InChI is InChI=1S/C15H31N3O3/c1-4-7-15(12-16,8-5-2)14(20)18-9-6-13(19)17-10-11-21-3/h4-12,16H2,1-3H3,(H,17,19)(H,18,20). The number of ether oxygens (including phenoxy) is 1. The quantitative estimate of drug-likeness (QED) is 0.465. The van der Waals surface area contributed by atoms with Gasteiger partial charge in [0.1, 0.15) is 0 Å². The molecule has 0 aromatic carbocycles. The molecule has 6 nitrogen and oxygen atoms in total. The lowest BCUT2D eigenvalue weighted by Crippen LogP contribution is -2.46. The summed E-state index contributed by atoms with van der Waals surface area (Å²) in [6.07, 6.45) is 3.67. The van der Waals surface area contributed by atoms with E-state index in [1.807, 2.05) is 0 Å². The Hall–Kier alpha value is -1.14. The van der Waals surface area contributed by atoms with Crippen molar-refractivity contribution in [1.82, 2.24) is 10.6 Å². The van der Waals surface area contributed by atoms with Crippen LogP contribution in [0.15, 0.2) is 0 Å². The molecule has 0 spiro atoms. The van der Waals surface area contributed by atoms with Crippen LogP contribution in [0.5, 0.6) is 0 Å². The SMILES string of the molecule is CCCC(CN)(CCC)C(=O)NCCC(=O)NCCOC. The topological polar surface area (TPSA) is 93.5 Å². The highest BCUT2D eigenvalue weighted by atomic mass is 16.5. The molecule has 6 heteroatoms. The number of amides is 2. The fourth-order valence-electron chi connectivity index (χ4n) is 2.46. The van der Waals surface area contributed by atoms with Crippen molar-refractivity contribution in [3.05, 3.63) is 0 Å². The van der Waals surface area contributed by atoms with Crippen molar-refractivity contribution in [2.24, 2.45) is 11.1 Å². The maximum atomic E-state index is 12.4. The molecule has 0 aliphatic heterocycles. The first-order valence-electron chi connectivity index (χ1n) is 7.80. The van der Waals surface area contributed by atoms with Crippen molar-refractivity contribution in [2.75, 3.05) is 33.4 Å². The average Bonchev–Trinajstić information content (AvgIpc) is 2.47. The zero-order valence-electron chi connectivity index (χ0n) is 13.7. The number of nitrogens with one attached hydrogen (secondary N) is 2. The Morgan fingerprint density at radius 1 is 1.10 bits per heavy atom. The fraction of sp³-hybridized carbons (Fsp3) is 0.867. The molecule has 2 amide bonds. The van der Waals surface area contributed by atoms with Crippen LogP contribution >= 0.6 is 0 Å². The van der Waals surface area contributed by atoms with E-state index in [4.69, 9.17) is 10.5 Å². The van der Waals surface area contributed by atoms with Gasteiger partial charge in [-0.15, -0.1) is 0 Å². The number of rotatable bonds is 12. The van der Waals surface area contributed by atoms with Crippen molar-refractivity contribution in [3.63, 3.8) is 0 Å². The highest BCUT2D eigenvalue weighted by Gasteiger charge is 2.34. The van der Waals surface area contributed by atoms with Gasteiger partial charge in [-0.05, 0) is 12.8 Å². The molecule has 0 aliphatic carbocycles. The van der Waals surface area contributed by atoms with Crippen LogP contribution in [0.3, 0.4) is 0 Å². The number of hydrogen-bond donors (Lipinski definition) is 3. The maximum Gasteiger partial charge on any atom is 0.227 e. The van der Waals surface area contributed by atoms with Gasteiger partial charge in [-0.25, -0.2) is 0 Å².